The lowest BCUT2D eigenvalue weighted by Gasteiger charge is -2.32. The maximum absolute atomic E-state index is 5.81. The molecule has 0 amide bonds. The summed E-state index contributed by atoms with van der Waals surface area (Å²) in [5.41, 5.74) is 8.09. The summed E-state index contributed by atoms with van der Waals surface area (Å²) in [5, 5.41) is 0. The van der Waals surface area contributed by atoms with Gasteiger partial charge in [-0.05, 0) is 30.5 Å². The number of methoxy groups -OCH3 is 2. The molecule has 0 aliphatic heterocycles. The number of nitrogens with two attached hydrogens (primary N) is 1. The molecule has 0 heterocycles. The Labute approximate surface area is 116 Å². The van der Waals surface area contributed by atoms with Gasteiger partial charge in [0.1, 0.15) is 11.5 Å². The monoisotopic (exact) mass is 266 g/mol. The Hall–Kier alpha value is -1.42. The number of aryl methyl sites for hydroxylation is 1. The minimum Gasteiger partial charge on any atom is -0.497 e. The molecule has 0 radical (unpaired) electrons. The van der Waals surface area contributed by atoms with Crippen LogP contribution in [0, 0.1) is 12.3 Å². The Morgan fingerprint density at radius 2 is 1.84 bits per heavy atom. The predicted octanol–water partition coefficient (Wildman–Crippen LogP) is 2.43. The summed E-state index contributed by atoms with van der Waals surface area (Å²) in [5.74, 6) is 1.64. The molecule has 1 aromatic carbocycles. The second kappa shape index (κ2) is 6.15. The standard InChI is InChI=1S/C15H26N2O2/c1-11-7-12(18-5)8-13(19-6)14(11)17(4)10-15(2,3)9-16/h7-8H,9-10,16H2,1-6H3. The van der Waals surface area contributed by atoms with Crippen molar-refractivity contribution in [2.24, 2.45) is 11.1 Å². The topological polar surface area (TPSA) is 47.7 Å². The van der Waals surface area contributed by atoms with Crippen LogP contribution in [0.5, 0.6) is 11.5 Å². The molecule has 0 saturated heterocycles. The normalized spacial score (nSPS) is 11.3. The Kier molecular flexibility index (Phi) is 5.06. The number of benzene rings is 1. The zero-order valence-corrected chi connectivity index (χ0v) is 12.9. The molecule has 108 valence electrons. The summed E-state index contributed by atoms with van der Waals surface area (Å²) in [6, 6.07) is 3.93. The van der Waals surface area contributed by atoms with Crippen molar-refractivity contribution in [1.29, 1.82) is 0 Å². The predicted molar refractivity (Wildman–Crippen MR) is 80.4 cm³/mol. The second-order valence-corrected chi connectivity index (χ2v) is 5.72. The second-order valence-electron chi connectivity index (χ2n) is 5.72. The fourth-order valence-electron chi connectivity index (χ4n) is 2.26. The molecule has 0 aliphatic carbocycles. The Morgan fingerprint density at radius 1 is 1.21 bits per heavy atom. The molecular weight excluding hydrogens is 240 g/mol. The van der Waals surface area contributed by atoms with Crippen LogP contribution in [-0.2, 0) is 0 Å². The fourth-order valence-corrected chi connectivity index (χ4v) is 2.26. The van der Waals surface area contributed by atoms with Crippen LogP contribution < -0.4 is 20.1 Å². The zero-order chi connectivity index (χ0) is 14.6. The number of hydrogen-bond donors (Lipinski definition) is 1. The van der Waals surface area contributed by atoms with Gasteiger partial charge in [-0.3, -0.25) is 0 Å². The molecule has 4 nitrogen and oxygen atoms in total. The average Bonchev–Trinajstić information content (AvgIpc) is 2.36. The highest BCUT2D eigenvalue weighted by Crippen LogP contribution is 2.36. The van der Waals surface area contributed by atoms with Crippen molar-refractivity contribution in [2.45, 2.75) is 20.8 Å². The van der Waals surface area contributed by atoms with E-state index in [1.807, 2.05) is 12.1 Å². The van der Waals surface area contributed by atoms with E-state index in [0.717, 1.165) is 29.3 Å². The van der Waals surface area contributed by atoms with Crippen molar-refractivity contribution in [3.63, 3.8) is 0 Å². The van der Waals surface area contributed by atoms with Crippen LogP contribution >= 0.6 is 0 Å². The summed E-state index contributed by atoms with van der Waals surface area (Å²) in [6.07, 6.45) is 0. The molecule has 1 rings (SSSR count). The number of nitrogens with zero attached hydrogens (tertiary/aromatic N) is 1. The van der Waals surface area contributed by atoms with Crippen LogP contribution in [0.3, 0.4) is 0 Å². The van der Waals surface area contributed by atoms with Gasteiger partial charge in [0.25, 0.3) is 0 Å². The highest BCUT2D eigenvalue weighted by molar-refractivity contribution is 5.65. The smallest absolute Gasteiger partial charge is 0.146 e. The van der Waals surface area contributed by atoms with Crippen molar-refractivity contribution >= 4 is 5.69 Å². The van der Waals surface area contributed by atoms with Gasteiger partial charge >= 0.3 is 0 Å². The van der Waals surface area contributed by atoms with E-state index < -0.39 is 0 Å². The van der Waals surface area contributed by atoms with Gasteiger partial charge < -0.3 is 20.1 Å². The van der Waals surface area contributed by atoms with E-state index >= 15 is 0 Å². The van der Waals surface area contributed by atoms with Crippen LogP contribution in [0.4, 0.5) is 5.69 Å². The molecule has 4 heteroatoms. The molecule has 19 heavy (non-hydrogen) atoms. The van der Waals surface area contributed by atoms with Crippen LogP contribution in [-0.4, -0.2) is 34.4 Å². The highest BCUT2D eigenvalue weighted by Gasteiger charge is 2.21. The third-order valence-electron chi connectivity index (χ3n) is 3.29. The SMILES string of the molecule is COc1cc(C)c(N(C)CC(C)(C)CN)c(OC)c1. The summed E-state index contributed by atoms with van der Waals surface area (Å²) >= 11 is 0. The van der Waals surface area contributed by atoms with Crippen LogP contribution in [0.25, 0.3) is 0 Å². The number of anilines is 1. The quantitative estimate of drug-likeness (QED) is 0.859. The van der Waals surface area contributed by atoms with Crippen LogP contribution in [0.2, 0.25) is 0 Å². The lowest BCUT2D eigenvalue weighted by molar-refractivity contribution is 0.376. The highest BCUT2D eigenvalue weighted by atomic mass is 16.5. The summed E-state index contributed by atoms with van der Waals surface area (Å²) in [7, 11) is 5.41. The van der Waals surface area contributed by atoms with Gasteiger partial charge in [0, 0.05) is 19.7 Å². The largest absolute Gasteiger partial charge is 0.497 e. The van der Waals surface area contributed by atoms with Gasteiger partial charge in [0.2, 0.25) is 0 Å². The van der Waals surface area contributed by atoms with Gasteiger partial charge in [-0.15, -0.1) is 0 Å². The molecule has 0 unspecified atom stereocenters. The molecule has 0 spiro atoms. The molecule has 0 aromatic heterocycles. The fraction of sp³-hybridized carbons (Fsp3) is 0.600. The van der Waals surface area contributed by atoms with Crippen molar-refractivity contribution in [2.75, 3.05) is 39.3 Å². The maximum atomic E-state index is 5.81. The third-order valence-corrected chi connectivity index (χ3v) is 3.29. The maximum Gasteiger partial charge on any atom is 0.146 e. The van der Waals surface area contributed by atoms with Crippen LogP contribution in [0.1, 0.15) is 19.4 Å². The van der Waals surface area contributed by atoms with Gasteiger partial charge in [0.15, 0.2) is 0 Å². The van der Waals surface area contributed by atoms with E-state index in [2.05, 4.69) is 32.7 Å². The molecule has 0 fully saturated rings. The number of ether oxygens (including phenoxy) is 2. The van der Waals surface area contributed by atoms with Gasteiger partial charge in [-0.1, -0.05) is 13.8 Å². The average molecular weight is 266 g/mol. The minimum absolute atomic E-state index is 0.0616. The third kappa shape index (κ3) is 3.77. The summed E-state index contributed by atoms with van der Waals surface area (Å²) in [4.78, 5) is 2.19. The first-order valence-corrected chi connectivity index (χ1v) is 6.48. The van der Waals surface area contributed by atoms with Crippen molar-refractivity contribution in [3.05, 3.63) is 17.7 Å². The molecule has 2 N–H and O–H groups in total. The van der Waals surface area contributed by atoms with E-state index in [-0.39, 0.29) is 5.41 Å². The van der Waals surface area contributed by atoms with E-state index in [4.69, 9.17) is 15.2 Å². The molecule has 0 aliphatic rings. The minimum atomic E-state index is 0.0616. The lowest BCUT2D eigenvalue weighted by atomic mass is 9.93. The van der Waals surface area contributed by atoms with E-state index in [9.17, 15) is 0 Å². The van der Waals surface area contributed by atoms with E-state index in [1.54, 1.807) is 14.2 Å². The first kappa shape index (κ1) is 15.6. The van der Waals surface area contributed by atoms with Crippen LogP contribution in [0.15, 0.2) is 12.1 Å². The summed E-state index contributed by atoms with van der Waals surface area (Å²) < 4.78 is 10.8. The Morgan fingerprint density at radius 3 is 2.32 bits per heavy atom. The first-order valence-electron chi connectivity index (χ1n) is 6.48. The molecule has 0 saturated carbocycles. The molecule has 1 aromatic rings. The summed E-state index contributed by atoms with van der Waals surface area (Å²) in [6.45, 7) is 7.90. The van der Waals surface area contributed by atoms with Crippen molar-refractivity contribution in [3.8, 4) is 11.5 Å². The van der Waals surface area contributed by atoms with Gasteiger partial charge in [-0.2, -0.15) is 0 Å². The van der Waals surface area contributed by atoms with Gasteiger partial charge in [0.05, 0.1) is 19.9 Å². The van der Waals surface area contributed by atoms with E-state index in [0.29, 0.717) is 6.54 Å². The molecular formula is C15H26N2O2. The zero-order valence-electron chi connectivity index (χ0n) is 12.9. The van der Waals surface area contributed by atoms with E-state index in [1.165, 1.54) is 0 Å². The number of rotatable bonds is 6. The Bertz CT molecular complexity index is 430. The molecule has 0 atom stereocenters. The Balaban J connectivity index is 3.11. The molecule has 0 bridgehead atoms. The van der Waals surface area contributed by atoms with Crippen molar-refractivity contribution in [1.82, 2.24) is 0 Å². The van der Waals surface area contributed by atoms with Crippen molar-refractivity contribution < 1.29 is 9.47 Å². The first-order chi connectivity index (χ1) is 8.84. The van der Waals surface area contributed by atoms with Gasteiger partial charge in [-0.25, -0.2) is 0 Å². The number of hydrogen-bond acceptors (Lipinski definition) is 4. The lowest BCUT2D eigenvalue weighted by Crippen LogP contribution is -2.37.